The molecular formula is C18H21F2N3O5. The highest BCUT2D eigenvalue weighted by Gasteiger charge is 2.31. The van der Waals surface area contributed by atoms with E-state index in [0.29, 0.717) is 32.4 Å². The SMILES string of the molecule is O=C(COc1ccc(F)cc1F)N1CCN(C(=O)C(=O)N2CCOCC2)CC1. The van der Waals surface area contributed by atoms with Crippen LogP contribution < -0.4 is 4.74 Å². The molecule has 0 N–H and O–H groups in total. The van der Waals surface area contributed by atoms with Crippen LogP contribution in [0, 0.1) is 11.6 Å². The van der Waals surface area contributed by atoms with Crippen molar-refractivity contribution in [1.82, 2.24) is 14.7 Å². The van der Waals surface area contributed by atoms with Gasteiger partial charge in [-0.15, -0.1) is 0 Å². The summed E-state index contributed by atoms with van der Waals surface area (Å²) in [6.07, 6.45) is 0. The Labute approximate surface area is 160 Å². The highest BCUT2D eigenvalue weighted by atomic mass is 19.1. The number of piperazine rings is 1. The Balaban J connectivity index is 1.45. The van der Waals surface area contributed by atoms with Gasteiger partial charge in [-0.05, 0) is 12.1 Å². The molecule has 2 fully saturated rings. The summed E-state index contributed by atoms with van der Waals surface area (Å²) in [5.74, 6) is -3.35. The van der Waals surface area contributed by atoms with Gasteiger partial charge in [-0.25, -0.2) is 8.78 Å². The molecule has 0 saturated carbocycles. The first-order chi connectivity index (χ1) is 13.5. The molecule has 1 aromatic rings. The summed E-state index contributed by atoms with van der Waals surface area (Å²) < 4.78 is 36.7. The van der Waals surface area contributed by atoms with E-state index < -0.39 is 30.1 Å². The second-order valence-electron chi connectivity index (χ2n) is 6.44. The molecule has 10 heteroatoms. The third-order valence-electron chi connectivity index (χ3n) is 4.65. The number of carbonyl (C=O) groups is 3. The minimum Gasteiger partial charge on any atom is -0.481 e. The van der Waals surface area contributed by atoms with Crippen LogP contribution in [-0.2, 0) is 19.1 Å². The lowest BCUT2D eigenvalue weighted by Gasteiger charge is -2.35. The van der Waals surface area contributed by atoms with E-state index in [9.17, 15) is 23.2 Å². The summed E-state index contributed by atoms with van der Waals surface area (Å²) in [7, 11) is 0. The van der Waals surface area contributed by atoms with Crippen molar-refractivity contribution in [2.75, 3.05) is 59.1 Å². The summed E-state index contributed by atoms with van der Waals surface area (Å²) >= 11 is 0. The van der Waals surface area contributed by atoms with E-state index in [4.69, 9.17) is 9.47 Å². The monoisotopic (exact) mass is 397 g/mol. The lowest BCUT2D eigenvalue weighted by molar-refractivity contribution is -0.155. The predicted octanol–water partition coefficient (Wildman–Crippen LogP) is -0.127. The van der Waals surface area contributed by atoms with E-state index in [1.165, 1.54) is 14.7 Å². The number of hydrogen-bond acceptors (Lipinski definition) is 5. The maximum absolute atomic E-state index is 13.5. The van der Waals surface area contributed by atoms with Gasteiger partial charge in [0.15, 0.2) is 18.2 Å². The van der Waals surface area contributed by atoms with E-state index in [2.05, 4.69) is 0 Å². The molecule has 0 bridgehead atoms. The molecule has 152 valence electrons. The minimum atomic E-state index is -0.884. The van der Waals surface area contributed by atoms with E-state index in [1.54, 1.807) is 0 Å². The molecule has 2 aliphatic rings. The zero-order valence-corrected chi connectivity index (χ0v) is 15.2. The van der Waals surface area contributed by atoms with Crippen LogP contribution in [0.3, 0.4) is 0 Å². The summed E-state index contributed by atoms with van der Waals surface area (Å²) in [6, 6.07) is 2.83. The summed E-state index contributed by atoms with van der Waals surface area (Å²) in [6.45, 7) is 2.15. The number of carbonyl (C=O) groups excluding carboxylic acids is 3. The fourth-order valence-corrected chi connectivity index (χ4v) is 3.02. The Hall–Kier alpha value is -2.75. The standard InChI is InChI=1S/C18H21F2N3O5/c19-13-1-2-15(14(20)11-13)28-12-16(24)21-3-5-22(6-4-21)17(25)18(26)23-7-9-27-10-8-23/h1-2,11H,3-10,12H2. The van der Waals surface area contributed by atoms with Crippen LogP contribution in [0.4, 0.5) is 8.78 Å². The minimum absolute atomic E-state index is 0.209. The first kappa shape index (κ1) is 20.0. The van der Waals surface area contributed by atoms with Crippen LogP contribution in [-0.4, -0.2) is 91.5 Å². The first-order valence-corrected chi connectivity index (χ1v) is 8.97. The quantitative estimate of drug-likeness (QED) is 0.665. The zero-order chi connectivity index (χ0) is 20.1. The molecule has 2 saturated heterocycles. The molecular weight excluding hydrogens is 376 g/mol. The van der Waals surface area contributed by atoms with Gasteiger partial charge >= 0.3 is 11.8 Å². The average molecular weight is 397 g/mol. The van der Waals surface area contributed by atoms with Crippen LogP contribution in [0.15, 0.2) is 18.2 Å². The van der Waals surface area contributed by atoms with E-state index >= 15 is 0 Å². The van der Waals surface area contributed by atoms with Gasteiger partial charge in [0.05, 0.1) is 13.2 Å². The maximum Gasteiger partial charge on any atom is 0.312 e. The number of amides is 3. The van der Waals surface area contributed by atoms with E-state index in [0.717, 1.165) is 12.1 Å². The third kappa shape index (κ3) is 4.75. The van der Waals surface area contributed by atoms with Crippen LogP contribution in [0.5, 0.6) is 5.75 Å². The fraction of sp³-hybridized carbons (Fsp3) is 0.500. The normalized spacial score (nSPS) is 17.4. The van der Waals surface area contributed by atoms with Crippen LogP contribution in [0.2, 0.25) is 0 Å². The third-order valence-corrected chi connectivity index (χ3v) is 4.65. The Morgan fingerprint density at radius 2 is 1.46 bits per heavy atom. The topological polar surface area (TPSA) is 79.4 Å². The molecule has 3 rings (SSSR count). The molecule has 1 aromatic carbocycles. The number of halogens is 2. The van der Waals surface area contributed by atoms with Gasteiger partial charge in [0, 0.05) is 45.3 Å². The Bertz CT molecular complexity index is 747. The van der Waals surface area contributed by atoms with Crippen molar-refractivity contribution in [2.24, 2.45) is 0 Å². The second kappa shape index (κ2) is 8.96. The van der Waals surface area contributed by atoms with Crippen molar-refractivity contribution in [3.63, 3.8) is 0 Å². The molecule has 3 amide bonds. The van der Waals surface area contributed by atoms with Crippen molar-refractivity contribution >= 4 is 17.7 Å². The average Bonchev–Trinajstić information content (AvgIpc) is 2.72. The van der Waals surface area contributed by atoms with Crippen molar-refractivity contribution in [3.05, 3.63) is 29.8 Å². The Morgan fingerprint density at radius 3 is 2.07 bits per heavy atom. The predicted molar refractivity (Wildman–Crippen MR) is 92.4 cm³/mol. The molecule has 0 spiro atoms. The number of nitrogens with zero attached hydrogens (tertiary/aromatic N) is 3. The van der Waals surface area contributed by atoms with Crippen LogP contribution >= 0.6 is 0 Å². The largest absolute Gasteiger partial charge is 0.481 e. The summed E-state index contributed by atoms with van der Waals surface area (Å²) in [4.78, 5) is 41.2. The lowest BCUT2D eigenvalue weighted by Crippen LogP contribution is -2.56. The molecule has 28 heavy (non-hydrogen) atoms. The van der Waals surface area contributed by atoms with Crippen molar-refractivity contribution in [2.45, 2.75) is 0 Å². The summed E-state index contributed by atoms with van der Waals surface area (Å²) in [5.41, 5.74) is 0. The number of rotatable bonds is 3. The van der Waals surface area contributed by atoms with Gasteiger partial charge < -0.3 is 24.2 Å². The molecule has 0 radical (unpaired) electrons. The molecule has 2 aliphatic heterocycles. The smallest absolute Gasteiger partial charge is 0.312 e. The van der Waals surface area contributed by atoms with Crippen molar-refractivity contribution in [1.29, 1.82) is 0 Å². The molecule has 2 heterocycles. The lowest BCUT2D eigenvalue weighted by atomic mass is 10.2. The Morgan fingerprint density at radius 1 is 0.893 bits per heavy atom. The van der Waals surface area contributed by atoms with Gasteiger partial charge in [0.2, 0.25) is 0 Å². The van der Waals surface area contributed by atoms with Gasteiger partial charge in [-0.3, -0.25) is 14.4 Å². The highest BCUT2D eigenvalue weighted by Crippen LogP contribution is 2.17. The number of ether oxygens (including phenoxy) is 2. The zero-order valence-electron chi connectivity index (χ0n) is 15.2. The van der Waals surface area contributed by atoms with Gasteiger partial charge in [0.1, 0.15) is 5.82 Å². The number of benzene rings is 1. The summed E-state index contributed by atoms with van der Waals surface area (Å²) in [5, 5.41) is 0. The van der Waals surface area contributed by atoms with Crippen LogP contribution in [0.1, 0.15) is 0 Å². The molecule has 0 atom stereocenters. The van der Waals surface area contributed by atoms with Crippen molar-refractivity contribution in [3.8, 4) is 5.75 Å². The maximum atomic E-state index is 13.5. The van der Waals surface area contributed by atoms with Gasteiger partial charge in [-0.2, -0.15) is 0 Å². The number of morpholine rings is 1. The van der Waals surface area contributed by atoms with E-state index in [-0.39, 0.29) is 37.8 Å². The van der Waals surface area contributed by atoms with Gasteiger partial charge in [-0.1, -0.05) is 0 Å². The molecule has 0 unspecified atom stereocenters. The van der Waals surface area contributed by atoms with Crippen LogP contribution in [0.25, 0.3) is 0 Å². The molecule has 0 aromatic heterocycles. The fourth-order valence-electron chi connectivity index (χ4n) is 3.02. The highest BCUT2D eigenvalue weighted by molar-refractivity contribution is 6.34. The van der Waals surface area contributed by atoms with E-state index in [1.807, 2.05) is 0 Å². The second-order valence-corrected chi connectivity index (χ2v) is 6.44. The number of hydrogen-bond donors (Lipinski definition) is 0. The molecule has 0 aliphatic carbocycles. The van der Waals surface area contributed by atoms with Gasteiger partial charge in [0.25, 0.3) is 5.91 Å². The van der Waals surface area contributed by atoms with Crippen molar-refractivity contribution < 1.29 is 32.6 Å². The first-order valence-electron chi connectivity index (χ1n) is 8.97. The molecule has 8 nitrogen and oxygen atoms in total. The Kier molecular flexibility index (Phi) is 6.40.